The number of halogens is 3. The molecule has 0 spiro atoms. The predicted molar refractivity (Wildman–Crippen MR) is 103 cm³/mol. The van der Waals surface area contributed by atoms with Crippen LogP contribution in [0.5, 0.6) is 5.75 Å². The lowest BCUT2D eigenvalue weighted by Crippen LogP contribution is -2.25. The average molecular weight is 415 g/mol. The Bertz CT molecular complexity index is 1060. The Morgan fingerprint density at radius 1 is 0.962 bits per heavy atom. The molecule has 5 nitrogen and oxygen atoms in total. The maximum absolute atomic E-state index is 12.0. The third-order valence-corrected chi connectivity index (χ3v) is 4.58. The lowest BCUT2D eigenvalue weighted by molar-refractivity contribution is 0.301. The van der Waals surface area contributed by atoms with Gasteiger partial charge in [-0.1, -0.05) is 34.8 Å². The fraction of sp³-hybridized carbons (Fsp3) is 0.222. The second-order valence-corrected chi connectivity index (χ2v) is 6.88. The molecular formula is C18H14Cl3NO4. The lowest BCUT2D eigenvalue weighted by atomic mass is 10.2. The first-order chi connectivity index (χ1) is 12.5. The Morgan fingerprint density at radius 3 is 2.50 bits per heavy atom. The summed E-state index contributed by atoms with van der Waals surface area (Å²) >= 11 is 17.9. The molecular weight excluding hydrogens is 401 g/mol. The molecule has 0 amide bonds. The van der Waals surface area contributed by atoms with Gasteiger partial charge in [0.15, 0.2) is 0 Å². The van der Waals surface area contributed by atoms with Crippen LogP contribution in [0.15, 0.2) is 50.4 Å². The molecule has 0 N–H and O–H groups in total. The first kappa shape index (κ1) is 18.8. The molecule has 0 aliphatic heterocycles. The van der Waals surface area contributed by atoms with Crippen LogP contribution in [-0.2, 0) is 6.54 Å². The monoisotopic (exact) mass is 413 g/mol. The molecule has 1 heterocycles. The van der Waals surface area contributed by atoms with E-state index in [1.807, 2.05) is 0 Å². The second kappa shape index (κ2) is 8.16. The number of nitrogens with zero attached hydrogens (tertiary/aromatic N) is 1. The lowest BCUT2D eigenvalue weighted by Gasteiger charge is -2.10. The van der Waals surface area contributed by atoms with Gasteiger partial charge in [0.2, 0.25) is 0 Å². The smallest absolute Gasteiger partial charge is 0.422 e. The van der Waals surface area contributed by atoms with Gasteiger partial charge in [0.1, 0.15) is 5.75 Å². The first-order valence-corrected chi connectivity index (χ1v) is 9.00. The van der Waals surface area contributed by atoms with Crippen molar-refractivity contribution < 1.29 is 9.15 Å². The molecule has 1 aromatic heterocycles. The van der Waals surface area contributed by atoms with Crippen LogP contribution in [0.3, 0.4) is 0 Å². The summed E-state index contributed by atoms with van der Waals surface area (Å²) in [5.41, 5.74) is -0.197. The zero-order valence-electron chi connectivity index (χ0n) is 13.5. The highest BCUT2D eigenvalue weighted by atomic mass is 35.5. The van der Waals surface area contributed by atoms with Crippen LogP contribution < -0.4 is 16.1 Å². The fourth-order valence-electron chi connectivity index (χ4n) is 2.55. The molecule has 8 heteroatoms. The van der Waals surface area contributed by atoms with Crippen molar-refractivity contribution in [1.29, 1.82) is 0 Å². The highest BCUT2D eigenvalue weighted by Crippen LogP contribution is 2.27. The Balaban J connectivity index is 1.66. The van der Waals surface area contributed by atoms with Crippen LogP contribution >= 0.6 is 34.8 Å². The van der Waals surface area contributed by atoms with Gasteiger partial charge in [0.05, 0.1) is 22.5 Å². The van der Waals surface area contributed by atoms with E-state index in [0.717, 1.165) is 0 Å². The first-order valence-electron chi connectivity index (χ1n) is 7.87. The summed E-state index contributed by atoms with van der Waals surface area (Å²) in [6.07, 6.45) is 1.31. The third-order valence-electron chi connectivity index (χ3n) is 3.80. The second-order valence-electron chi connectivity index (χ2n) is 5.60. The summed E-state index contributed by atoms with van der Waals surface area (Å²) in [7, 11) is 0. The normalized spacial score (nSPS) is 11.0. The Labute approximate surface area is 163 Å². The van der Waals surface area contributed by atoms with Gasteiger partial charge in [0.25, 0.3) is 0 Å². The maximum Gasteiger partial charge on any atom is 0.422 e. The predicted octanol–water partition coefficient (Wildman–Crippen LogP) is 4.77. The number of benzene rings is 2. The largest absolute Gasteiger partial charge is 0.492 e. The molecule has 0 saturated heterocycles. The van der Waals surface area contributed by atoms with Crippen LogP contribution in [0, 0.1) is 0 Å². The standard InChI is InChI=1S/C18H14Cl3NO4/c19-11-4-6-15-13(9-11)17(23)26-18(24)22(15)7-1-2-8-25-16-10-12(20)3-5-14(16)21/h3-6,9-10H,1-2,7-8H2. The number of aromatic nitrogens is 1. The molecule has 3 aromatic rings. The number of hydrogen-bond acceptors (Lipinski definition) is 4. The van der Waals surface area contributed by atoms with E-state index in [2.05, 4.69) is 0 Å². The van der Waals surface area contributed by atoms with Crippen molar-refractivity contribution in [3.8, 4) is 5.75 Å². The number of aryl methyl sites for hydroxylation is 1. The number of hydrogen-bond donors (Lipinski definition) is 0. The van der Waals surface area contributed by atoms with Crippen molar-refractivity contribution in [1.82, 2.24) is 4.57 Å². The molecule has 0 radical (unpaired) electrons. The minimum atomic E-state index is -0.692. The van der Waals surface area contributed by atoms with Crippen molar-refractivity contribution in [2.24, 2.45) is 0 Å². The Hall–Kier alpha value is -1.95. The van der Waals surface area contributed by atoms with E-state index in [1.165, 1.54) is 10.6 Å². The molecule has 2 aromatic carbocycles. The number of rotatable bonds is 6. The molecule has 136 valence electrons. The number of unbranched alkanes of at least 4 members (excludes halogenated alkanes) is 1. The van der Waals surface area contributed by atoms with Gasteiger partial charge < -0.3 is 9.15 Å². The molecule has 0 aliphatic rings. The zero-order chi connectivity index (χ0) is 18.7. The number of ether oxygens (including phenoxy) is 1. The van der Waals surface area contributed by atoms with Gasteiger partial charge in [-0.3, -0.25) is 4.57 Å². The molecule has 0 saturated carbocycles. The van der Waals surface area contributed by atoms with Crippen molar-refractivity contribution >= 4 is 45.7 Å². The van der Waals surface area contributed by atoms with Gasteiger partial charge >= 0.3 is 11.4 Å². The Kier molecular flexibility index (Phi) is 5.91. The van der Waals surface area contributed by atoms with Gasteiger partial charge in [-0.2, -0.15) is 0 Å². The van der Waals surface area contributed by atoms with Crippen LogP contribution in [-0.4, -0.2) is 11.2 Å². The van der Waals surface area contributed by atoms with E-state index in [4.69, 9.17) is 44.0 Å². The van der Waals surface area contributed by atoms with Crippen LogP contribution in [0.1, 0.15) is 12.8 Å². The Morgan fingerprint density at radius 2 is 1.69 bits per heavy atom. The summed E-state index contributed by atoms with van der Waals surface area (Å²) in [5, 5.41) is 1.71. The van der Waals surface area contributed by atoms with Crippen LogP contribution in [0.4, 0.5) is 0 Å². The SMILES string of the molecule is O=c1oc(=O)n(CCCCOc2cc(Cl)ccc2Cl)c2ccc(Cl)cc12. The molecule has 0 atom stereocenters. The maximum atomic E-state index is 12.0. The summed E-state index contributed by atoms with van der Waals surface area (Å²) in [4.78, 5) is 23.8. The fourth-order valence-corrected chi connectivity index (χ4v) is 3.05. The summed E-state index contributed by atoms with van der Waals surface area (Å²) < 4.78 is 11.8. The van der Waals surface area contributed by atoms with Gasteiger partial charge in [-0.25, -0.2) is 9.59 Å². The molecule has 3 rings (SSSR count). The van der Waals surface area contributed by atoms with E-state index >= 15 is 0 Å². The van der Waals surface area contributed by atoms with E-state index in [-0.39, 0.29) is 5.39 Å². The molecule has 0 aliphatic carbocycles. The minimum absolute atomic E-state index is 0.277. The minimum Gasteiger partial charge on any atom is -0.492 e. The number of fused-ring (bicyclic) bond motifs is 1. The molecule has 0 bridgehead atoms. The van der Waals surface area contributed by atoms with Crippen molar-refractivity contribution in [2.75, 3.05) is 6.61 Å². The van der Waals surface area contributed by atoms with Crippen molar-refractivity contribution in [3.63, 3.8) is 0 Å². The summed E-state index contributed by atoms with van der Waals surface area (Å²) in [6.45, 7) is 0.794. The summed E-state index contributed by atoms with van der Waals surface area (Å²) in [5.74, 6) is -0.175. The van der Waals surface area contributed by atoms with E-state index in [1.54, 1.807) is 30.3 Å². The quantitative estimate of drug-likeness (QED) is 0.545. The van der Waals surface area contributed by atoms with Crippen molar-refractivity contribution in [2.45, 2.75) is 19.4 Å². The molecule has 26 heavy (non-hydrogen) atoms. The third kappa shape index (κ3) is 4.23. The van der Waals surface area contributed by atoms with Crippen molar-refractivity contribution in [3.05, 3.63) is 72.4 Å². The van der Waals surface area contributed by atoms with E-state index < -0.39 is 11.4 Å². The zero-order valence-corrected chi connectivity index (χ0v) is 15.8. The molecule has 0 unspecified atom stereocenters. The van der Waals surface area contributed by atoms with Gasteiger partial charge in [-0.05, 0) is 43.2 Å². The molecule has 0 fully saturated rings. The van der Waals surface area contributed by atoms with Gasteiger partial charge in [-0.15, -0.1) is 0 Å². The van der Waals surface area contributed by atoms with E-state index in [0.29, 0.717) is 52.3 Å². The van der Waals surface area contributed by atoms with Crippen LogP contribution in [0.2, 0.25) is 15.1 Å². The summed E-state index contributed by atoms with van der Waals surface area (Å²) in [6, 6.07) is 9.76. The van der Waals surface area contributed by atoms with Crippen LogP contribution in [0.25, 0.3) is 10.9 Å². The highest BCUT2D eigenvalue weighted by molar-refractivity contribution is 6.34. The average Bonchev–Trinajstić information content (AvgIpc) is 2.60. The topological polar surface area (TPSA) is 61.4 Å². The highest BCUT2D eigenvalue weighted by Gasteiger charge is 2.10. The van der Waals surface area contributed by atoms with E-state index in [9.17, 15) is 9.59 Å². The van der Waals surface area contributed by atoms with Gasteiger partial charge in [0, 0.05) is 22.7 Å².